The zero-order valence-corrected chi connectivity index (χ0v) is 26.2. The highest BCUT2D eigenvalue weighted by atomic mass is 16.5. The van der Waals surface area contributed by atoms with Gasteiger partial charge in [0.05, 0.1) is 14.2 Å². The first-order valence-electron chi connectivity index (χ1n) is 15.5. The lowest BCUT2D eigenvalue weighted by atomic mass is 9.93. The van der Waals surface area contributed by atoms with Gasteiger partial charge in [0.25, 0.3) is 11.8 Å². The van der Waals surface area contributed by atoms with Crippen molar-refractivity contribution >= 4 is 29.5 Å². The van der Waals surface area contributed by atoms with E-state index in [0.717, 1.165) is 31.2 Å². The van der Waals surface area contributed by atoms with Gasteiger partial charge < -0.3 is 19.7 Å². The van der Waals surface area contributed by atoms with Crippen LogP contribution in [0.3, 0.4) is 0 Å². The monoisotopic (exact) mass is 613 g/mol. The molecule has 1 saturated carbocycles. The van der Waals surface area contributed by atoms with Crippen LogP contribution in [0.25, 0.3) is 0 Å². The first-order chi connectivity index (χ1) is 21.8. The molecule has 236 valence electrons. The summed E-state index contributed by atoms with van der Waals surface area (Å²) in [5, 5.41) is 2.93. The van der Waals surface area contributed by atoms with Gasteiger partial charge in [0.2, 0.25) is 0 Å². The number of allylic oxidation sites excluding steroid dienone is 3. The van der Waals surface area contributed by atoms with Crippen LogP contribution in [0.4, 0.5) is 4.79 Å². The number of ether oxygens (including phenoxy) is 2. The molecule has 0 aromatic heterocycles. The number of hydrogen-bond acceptors (Lipinski definition) is 6. The molecule has 0 radical (unpaired) electrons. The van der Waals surface area contributed by atoms with E-state index in [9.17, 15) is 19.2 Å². The summed E-state index contributed by atoms with van der Waals surface area (Å²) in [7, 11) is 4.97. The predicted octanol–water partition coefficient (Wildman–Crippen LogP) is 4.13. The van der Waals surface area contributed by atoms with Crippen LogP contribution in [0.2, 0.25) is 0 Å². The van der Waals surface area contributed by atoms with Crippen molar-refractivity contribution in [2.45, 2.75) is 51.1 Å². The van der Waals surface area contributed by atoms with E-state index in [-0.39, 0.29) is 36.9 Å². The number of urea groups is 1. The Morgan fingerprint density at radius 3 is 2.38 bits per heavy atom. The molecule has 1 aliphatic heterocycles. The number of benzene rings is 2. The molecule has 1 heterocycles. The third-order valence-corrected chi connectivity index (χ3v) is 8.82. The van der Waals surface area contributed by atoms with Crippen LogP contribution < -0.4 is 14.8 Å². The molecule has 1 unspecified atom stereocenters. The number of imide groups is 1. The fourth-order valence-corrected chi connectivity index (χ4v) is 6.14. The summed E-state index contributed by atoms with van der Waals surface area (Å²) in [6.07, 6.45) is 13.0. The van der Waals surface area contributed by atoms with E-state index >= 15 is 0 Å². The summed E-state index contributed by atoms with van der Waals surface area (Å²) in [6.45, 7) is 0.338. The summed E-state index contributed by atoms with van der Waals surface area (Å²) in [4.78, 5) is 56.3. The van der Waals surface area contributed by atoms with Gasteiger partial charge in [-0.05, 0) is 60.7 Å². The maximum absolute atomic E-state index is 13.7. The van der Waals surface area contributed by atoms with Gasteiger partial charge in [0.1, 0.15) is 18.2 Å². The second-order valence-electron chi connectivity index (χ2n) is 11.6. The molecule has 2 aromatic carbocycles. The quantitative estimate of drug-likeness (QED) is 0.382. The molecule has 2 aromatic rings. The molecule has 0 bridgehead atoms. The molecule has 5 rings (SSSR count). The topological polar surface area (TPSA) is 108 Å². The normalized spacial score (nSPS) is 18.1. The van der Waals surface area contributed by atoms with E-state index in [1.54, 1.807) is 67.7 Å². The number of rotatable bonds is 11. The summed E-state index contributed by atoms with van der Waals surface area (Å²) in [5.74, 6) is -0.0627. The van der Waals surface area contributed by atoms with Crippen LogP contribution in [0, 0.1) is 5.92 Å². The largest absolute Gasteiger partial charge is 0.501 e. The molecular weight excluding hydrogens is 572 g/mol. The van der Waals surface area contributed by atoms with Crippen molar-refractivity contribution in [3.8, 4) is 11.5 Å². The smallest absolute Gasteiger partial charge is 0.493 e. The first kappa shape index (κ1) is 31.7. The molecule has 3 aliphatic rings. The third-order valence-electron chi connectivity index (χ3n) is 8.82. The standard InChI is InChI=1S/C35H40N4O6/c1-37(27-9-5-4-6-10-27)32(40)23-38-29-12-8-7-11-28(29)34(42)39(35(38)43)22-25-13-16-26(17-14-25)33(41)36-20-19-24-15-18-30(44-2)31(21-24)45-3/h7-8,11-18,21,27-28H,4-6,9-10,19-20,22-23H2,1-3H3/p+1. The number of likely N-dealkylation sites (N-methyl/N-ethyl adjacent to an activating group) is 1. The molecule has 1 fully saturated rings. The highest BCUT2D eigenvalue weighted by Gasteiger charge is 2.47. The summed E-state index contributed by atoms with van der Waals surface area (Å²) >= 11 is 0. The SMILES string of the molecule is COc1ccc(CCNC(=O)c2ccc(CN3C(=O)C4C=CC=CC4=[N+](CC(=O)N(C)C4CCCCC4)C3=O)cc2)cc1OC. The van der Waals surface area contributed by atoms with Crippen molar-refractivity contribution in [1.82, 2.24) is 15.1 Å². The molecule has 0 spiro atoms. The van der Waals surface area contributed by atoms with Crippen LogP contribution in [-0.2, 0) is 22.6 Å². The molecule has 2 aliphatic carbocycles. The zero-order valence-electron chi connectivity index (χ0n) is 26.2. The van der Waals surface area contributed by atoms with Gasteiger partial charge in [-0.2, -0.15) is 14.3 Å². The Bertz CT molecular complexity index is 1540. The Labute approximate surface area is 264 Å². The Morgan fingerprint density at radius 2 is 1.67 bits per heavy atom. The maximum atomic E-state index is 13.7. The van der Waals surface area contributed by atoms with E-state index < -0.39 is 11.9 Å². The third kappa shape index (κ3) is 7.16. The molecule has 5 amide bonds. The van der Waals surface area contributed by atoms with Crippen LogP contribution in [0.1, 0.15) is 53.6 Å². The number of fused-ring (bicyclic) bond motifs is 1. The molecule has 1 N–H and O–H groups in total. The van der Waals surface area contributed by atoms with Gasteiger partial charge in [-0.15, -0.1) is 0 Å². The van der Waals surface area contributed by atoms with E-state index in [2.05, 4.69) is 5.32 Å². The van der Waals surface area contributed by atoms with Crippen LogP contribution in [0.15, 0.2) is 66.8 Å². The highest BCUT2D eigenvalue weighted by Crippen LogP contribution is 2.28. The Morgan fingerprint density at radius 1 is 0.956 bits per heavy atom. The Balaban J connectivity index is 1.22. The summed E-state index contributed by atoms with van der Waals surface area (Å²) in [6, 6.07) is 12.1. The number of hydrogen-bond donors (Lipinski definition) is 1. The molecule has 10 heteroatoms. The fraction of sp³-hybridized carbons (Fsp3) is 0.400. The minimum Gasteiger partial charge on any atom is -0.493 e. The number of carbonyl (C=O) groups is 4. The number of nitrogens with one attached hydrogen (secondary N) is 1. The van der Waals surface area contributed by atoms with Crippen molar-refractivity contribution < 1.29 is 33.2 Å². The van der Waals surface area contributed by atoms with Gasteiger partial charge in [-0.3, -0.25) is 9.59 Å². The molecule has 0 saturated heterocycles. The maximum Gasteiger partial charge on any atom is 0.501 e. The summed E-state index contributed by atoms with van der Waals surface area (Å²) in [5.41, 5.74) is 2.69. The van der Waals surface area contributed by atoms with Gasteiger partial charge in [0, 0.05) is 25.2 Å². The van der Waals surface area contributed by atoms with Crippen LogP contribution in [0.5, 0.6) is 11.5 Å². The summed E-state index contributed by atoms with van der Waals surface area (Å²) < 4.78 is 12.1. The van der Waals surface area contributed by atoms with Gasteiger partial charge >= 0.3 is 11.9 Å². The fourth-order valence-electron chi connectivity index (χ4n) is 6.14. The van der Waals surface area contributed by atoms with Crippen molar-refractivity contribution in [3.05, 3.63) is 83.5 Å². The Kier molecular flexibility index (Phi) is 10.1. The lowest BCUT2D eigenvalue weighted by Crippen LogP contribution is -2.56. The predicted molar refractivity (Wildman–Crippen MR) is 170 cm³/mol. The highest BCUT2D eigenvalue weighted by molar-refractivity contribution is 6.16. The van der Waals surface area contributed by atoms with E-state index in [1.165, 1.54) is 15.9 Å². The van der Waals surface area contributed by atoms with E-state index in [4.69, 9.17) is 9.47 Å². The number of nitrogens with zero attached hydrogens (tertiary/aromatic N) is 3. The van der Waals surface area contributed by atoms with Crippen molar-refractivity contribution in [3.63, 3.8) is 0 Å². The average molecular weight is 614 g/mol. The van der Waals surface area contributed by atoms with Crippen LogP contribution in [-0.4, -0.2) is 84.2 Å². The first-order valence-corrected chi connectivity index (χ1v) is 15.5. The Hall–Kier alpha value is -4.73. The number of methoxy groups -OCH3 is 2. The molecule has 10 nitrogen and oxygen atoms in total. The second-order valence-corrected chi connectivity index (χ2v) is 11.6. The number of amides is 5. The van der Waals surface area contributed by atoms with E-state index in [0.29, 0.717) is 41.3 Å². The zero-order chi connectivity index (χ0) is 31.9. The lowest BCUT2D eigenvalue weighted by Gasteiger charge is -2.32. The lowest BCUT2D eigenvalue weighted by molar-refractivity contribution is -0.430. The molecule has 1 atom stereocenters. The average Bonchev–Trinajstić information content (AvgIpc) is 3.08. The van der Waals surface area contributed by atoms with Gasteiger partial charge in [-0.1, -0.05) is 55.7 Å². The van der Waals surface area contributed by atoms with Crippen molar-refractivity contribution in [2.24, 2.45) is 5.92 Å². The number of carbonyl (C=O) groups excluding carboxylic acids is 4. The van der Waals surface area contributed by atoms with Crippen molar-refractivity contribution in [1.29, 1.82) is 0 Å². The molecule has 45 heavy (non-hydrogen) atoms. The van der Waals surface area contributed by atoms with Gasteiger partial charge in [0.15, 0.2) is 18.0 Å². The van der Waals surface area contributed by atoms with Crippen molar-refractivity contribution in [2.75, 3.05) is 34.4 Å². The molecular formula is C35H41N4O6+. The van der Waals surface area contributed by atoms with Gasteiger partial charge in [-0.25, -0.2) is 4.79 Å². The van der Waals surface area contributed by atoms with Crippen LogP contribution >= 0.6 is 0 Å². The minimum atomic E-state index is -0.642. The second kappa shape index (κ2) is 14.4. The van der Waals surface area contributed by atoms with E-state index in [1.807, 2.05) is 25.2 Å². The minimum absolute atomic E-state index is 0.0311.